The zero-order chi connectivity index (χ0) is 10.6. The Morgan fingerprint density at radius 1 is 1.57 bits per heavy atom. The number of hydrogen-bond donors (Lipinski definition) is 1. The molecule has 1 N–H and O–H groups in total. The molecule has 1 rings (SSSR count). The number of nitrogens with zero attached hydrogens (tertiary/aromatic N) is 1. The van der Waals surface area contributed by atoms with Crippen LogP contribution >= 0.6 is 0 Å². The number of alkyl halides is 2. The van der Waals surface area contributed by atoms with Crippen LogP contribution in [0.2, 0.25) is 0 Å². The van der Waals surface area contributed by atoms with Gasteiger partial charge in [0.15, 0.2) is 0 Å². The lowest BCUT2D eigenvalue weighted by Gasteiger charge is -2.03. The lowest BCUT2D eigenvalue weighted by atomic mass is 10.3. The topological polar surface area (TPSA) is 38.1 Å². The molecule has 0 bridgehead atoms. The molecule has 0 aliphatic rings. The number of aryl methyl sites for hydroxylation is 1. The van der Waals surface area contributed by atoms with Crippen LogP contribution in [0.25, 0.3) is 0 Å². The van der Waals surface area contributed by atoms with Gasteiger partial charge in [-0.3, -0.25) is 0 Å². The van der Waals surface area contributed by atoms with Gasteiger partial charge < -0.3 is 9.73 Å². The molecule has 0 fully saturated rings. The second kappa shape index (κ2) is 4.50. The van der Waals surface area contributed by atoms with E-state index in [1.165, 1.54) is 6.20 Å². The Morgan fingerprint density at radius 3 is 2.79 bits per heavy atom. The number of aromatic nitrogens is 1. The van der Waals surface area contributed by atoms with E-state index in [1.54, 1.807) is 0 Å². The van der Waals surface area contributed by atoms with Gasteiger partial charge in [0.25, 0.3) is 5.89 Å². The normalized spacial score (nSPS) is 12.0. The predicted molar refractivity (Wildman–Crippen MR) is 48.3 cm³/mol. The number of rotatable bonds is 5. The second-order valence-corrected chi connectivity index (χ2v) is 3.23. The zero-order valence-electron chi connectivity index (χ0n) is 8.31. The van der Waals surface area contributed by atoms with E-state index in [0.717, 1.165) is 19.9 Å². The van der Waals surface area contributed by atoms with Crippen molar-refractivity contribution in [1.29, 1.82) is 0 Å². The van der Waals surface area contributed by atoms with Crippen LogP contribution in [0.5, 0.6) is 0 Å². The van der Waals surface area contributed by atoms with E-state index in [1.807, 2.05) is 7.05 Å². The second-order valence-electron chi connectivity index (χ2n) is 3.23. The molecule has 0 amide bonds. The first-order valence-corrected chi connectivity index (χ1v) is 4.51. The van der Waals surface area contributed by atoms with Gasteiger partial charge >= 0.3 is 5.92 Å². The third-order valence-corrected chi connectivity index (χ3v) is 1.78. The highest BCUT2D eigenvalue weighted by atomic mass is 19.3. The molecule has 1 heterocycles. The smallest absolute Gasteiger partial charge is 0.319 e. The van der Waals surface area contributed by atoms with Gasteiger partial charge in [-0.1, -0.05) is 0 Å². The Bertz CT molecular complexity index is 281. The molecule has 0 radical (unpaired) electrons. The van der Waals surface area contributed by atoms with Crippen molar-refractivity contribution in [3.8, 4) is 0 Å². The largest absolute Gasteiger partial charge is 0.440 e. The van der Waals surface area contributed by atoms with Crippen LogP contribution in [0.1, 0.15) is 25.0 Å². The monoisotopic (exact) mass is 204 g/mol. The van der Waals surface area contributed by atoms with Crippen molar-refractivity contribution in [3.63, 3.8) is 0 Å². The molecule has 0 saturated heterocycles. The lowest BCUT2D eigenvalue weighted by molar-refractivity contribution is -0.0118. The molecule has 0 unspecified atom stereocenters. The molecular formula is C9H14F2N2O. The summed E-state index contributed by atoms with van der Waals surface area (Å²) in [6.07, 6.45) is 2.84. The maximum atomic E-state index is 12.7. The van der Waals surface area contributed by atoms with Gasteiger partial charge in [-0.05, 0) is 20.0 Å². The molecule has 0 atom stereocenters. The van der Waals surface area contributed by atoms with E-state index >= 15 is 0 Å². The minimum absolute atomic E-state index is 0.503. The summed E-state index contributed by atoms with van der Waals surface area (Å²) in [6, 6.07) is 0. The molecule has 80 valence electrons. The first-order valence-electron chi connectivity index (χ1n) is 4.51. The molecule has 0 spiro atoms. The molecule has 3 nitrogen and oxygen atoms in total. The zero-order valence-corrected chi connectivity index (χ0v) is 8.31. The Kier molecular flexibility index (Phi) is 3.57. The summed E-state index contributed by atoms with van der Waals surface area (Å²) in [7, 11) is 1.84. The number of halogens is 2. The molecular weight excluding hydrogens is 190 g/mol. The molecule has 0 aliphatic heterocycles. The molecule has 1 aromatic heterocycles. The van der Waals surface area contributed by atoms with Crippen LogP contribution in [0, 0.1) is 0 Å². The predicted octanol–water partition coefficient (Wildman–Crippen LogP) is 1.94. The highest BCUT2D eigenvalue weighted by Gasteiger charge is 2.30. The summed E-state index contributed by atoms with van der Waals surface area (Å²) in [6.45, 7) is 1.61. The van der Waals surface area contributed by atoms with Crippen LogP contribution < -0.4 is 5.32 Å². The maximum absolute atomic E-state index is 12.7. The van der Waals surface area contributed by atoms with Crippen molar-refractivity contribution in [3.05, 3.63) is 17.8 Å². The third-order valence-electron chi connectivity index (χ3n) is 1.78. The van der Waals surface area contributed by atoms with E-state index in [4.69, 9.17) is 4.42 Å². The Labute approximate surface area is 81.5 Å². The van der Waals surface area contributed by atoms with Crippen LogP contribution in [-0.2, 0) is 12.3 Å². The average Bonchev–Trinajstić information content (AvgIpc) is 2.52. The fourth-order valence-corrected chi connectivity index (χ4v) is 1.07. The van der Waals surface area contributed by atoms with Gasteiger partial charge in [-0.2, -0.15) is 8.78 Å². The first kappa shape index (κ1) is 11.1. The fraction of sp³-hybridized carbons (Fsp3) is 0.667. The maximum Gasteiger partial charge on any atom is 0.319 e. The van der Waals surface area contributed by atoms with Gasteiger partial charge in [0, 0.05) is 13.3 Å². The quantitative estimate of drug-likeness (QED) is 0.745. The first-order chi connectivity index (χ1) is 6.54. The van der Waals surface area contributed by atoms with Crippen LogP contribution in [0.15, 0.2) is 10.6 Å². The summed E-state index contributed by atoms with van der Waals surface area (Å²) in [5, 5.41) is 2.96. The Hall–Kier alpha value is -0.970. The SMILES string of the molecule is CNCCCc1cnc(C(C)(F)F)o1. The number of nitrogens with one attached hydrogen (secondary N) is 1. The summed E-state index contributed by atoms with van der Waals surface area (Å²) < 4.78 is 30.3. The van der Waals surface area contributed by atoms with E-state index < -0.39 is 11.8 Å². The summed E-state index contributed by atoms with van der Waals surface area (Å²) in [4.78, 5) is 3.53. The van der Waals surface area contributed by atoms with Gasteiger partial charge in [0.05, 0.1) is 6.20 Å². The lowest BCUT2D eigenvalue weighted by Crippen LogP contribution is -2.08. The van der Waals surface area contributed by atoms with Crippen LogP contribution in [-0.4, -0.2) is 18.6 Å². The van der Waals surface area contributed by atoms with Gasteiger partial charge in [0.1, 0.15) is 5.76 Å². The van der Waals surface area contributed by atoms with Crippen molar-refractivity contribution < 1.29 is 13.2 Å². The minimum Gasteiger partial charge on any atom is -0.440 e. The van der Waals surface area contributed by atoms with E-state index in [0.29, 0.717) is 12.2 Å². The number of hydrogen-bond acceptors (Lipinski definition) is 3. The van der Waals surface area contributed by atoms with Crippen molar-refractivity contribution in [2.75, 3.05) is 13.6 Å². The van der Waals surface area contributed by atoms with E-state index in [2.05, 4.69) is 10.3 Å². The molecule has 0 aromatic carbocycles. The number of oxazole rings is 1. The fourth-order valence-electron chi connectivity index (χ4n) is 1.07. The summed E-state index contributed by atoms with van der Waals surface area (Å²) in [5.41, 5.74) is 0. The van der Waals surface area contributed by atoms with Crippen LogP contribution in [0.3, 0.4) is 0 Å². The van der Waals surface area contributed by atoms with Crippen molar-refractivity contribution in [1.82, 2.24) is 10.3 Å². The molecule has 0 saturated carbocycles. The van der Waals surface area contributed by atoms with Crippen molar-refractivity contribution in [2.24, 2.45) is 0 Å². The van der Waals surface area contributed by atoms with E-state index in [9.17, 15) is 8.78 Å². The summed E-state index contributed by atoms with van der Waals surface area (Å²) >= 11 is 0. The molecule has 5 heteroatoms. The van der Waals surface area contributed by atoms with Crippen molar-refractivity contribution >= 4 is 0 Å². The average molecular weight is 204 g/mol. The standard InChI is InChI=1S/C9H14F2N2O/c1-9(10,11)8-13-6-7(14-8)4-3-5-12-2/h6,12H,3-5H2,1-2H3. The highest BCUT2D eigenvalue weighted by Crippen LogP contribution is 2.26. The van der Waals surface area contributed by atoms with Gasteiger partial charge in [0.2, 0.25) is 0 Å². The van der Waals surface area contributed by atoms with E-state index in [-0.39, 0.29) is 0 Å². The van der Waals surface area contributed by atoms with Gasteiger partial charge in [-0.25, -0.2) is 4.98 Å². The minimum atomic E-state index is -2.98. The molecule has 14 heavy (non-hydrogen) atoms. The van der Waals surface area contributed by atoms with Crippen LogP contribution in [0.4, 0.5) is 8.78 Å². The highest BCUT2D eigenvalue weighted by molar-refractivity contribution is 4.98. The molecule has 0 aliphatic carbocycles. The Balaban J connectivity index is 2.51. The Morgan fingerprint density at radius 2 is 2.29 bits per heavy atom. The van der Waals surface area contributed by atoms with Gasteiger partial charge in [-0.15, -0.1) is 0 Å². The van der Waals surface area contributed by atoms with Crippen molar-refractivity contribution in [2.45, 2.75) is 25.7 Å². The molecule has 1 aromatic rings. The summed E-state index contributed by atoms with van der Waals surface area (Å²) in [5.74, 6) is -2.98. The third kappa shape index (κ3) is 3.06.